The summed E-state index contributed by atoms with van der Waals surface area (Å²) in [4.78, 5) is 55.2. The van der Waals surface area contributed by atoms with E-state index < -0.39 is 86.6 Å². The van der Waals surface area contributed by atoms with Gasteiger partial charge >= 0.3 is 6.09 Å². The number of hydrogen-bond acceptors (Lipinski definition) is 9. The predicted octanol–water partition coefficient (Wildman–Crippen LogP) is 1.20. The van der Waals surface area contributed by atoms with Crippen molar-refractivity contribution in [2.24, 2.45) is 5.92 Å². The predicted molar refractivity (Wildman–Crippen MR) is 156 cm³/mol. The number of alkyl carbamates (subject to hydrolysis) is 1. The van der Waals surface area contributed by atoms with E-state index in [0.717, 1.165) is 4.90 Å². The van der Waals surface area contributed by atoms with Gasteiger partial charge in [-0.2, -0.15) is 0 Å². The van der Waals surface area contributed by atoms with Crippen LogP contribution in [0.4, 0.5) is 9.18 Å². The van der Waals surface area contributed by atoms with Gasteiger partial charge in [0.2, 0.25) is 21.8 Å². The number of ether oxygens (including phenoxy) is 2. The number of nitrogens with one attached hydrogen (secondary N) is 3. The van der Waals surface area contributed by atoms with Crippen molar-refractivity contribution in [3.63, 3.8) is 0 Å². The minimum absolute atomic E-state index is 0.0867. The minimum atomic E-state index is -4.35. The Hall–Kier alpha value is -2.78. The highest BCUT2D eigenvalue weighted by atomic mass is 32.2. The number of alkyl halides is 1. The molecule has 1 saturated heterocycles. The van der Waals surface area contributed by atoms with Gasteiger partial charge in [0.25, 0.3) is 5.91 Å². The summed E-state index contributed by atoms with van der Waals surface area (Å²) in [6.07, 6.45) is 1.98. The number of carbonyl (C=O) groups excluding carboxylic acids is 4. The van der Waals surface area contributed by atoms with Gasteiger partial charge in [-0.1, -0.05) is 19.1 Å². The van der Waals surface area contributed by atoms with Crippen LogP contribution in [0.5, 0.6) is 0 Å². The van der Waals surface area contributed by atoms with Crippen LogP contribution in [-0.4, -0.2) is 102 Å². The molecule has 7 unspecified atom stereocenters. The zero-order valence-corrected chi connectivity index (χ0v) is 26.7. The van der Waals surface area contributed by atoms with Crippen molar-refractivity contribution in [2.45, 2.75) is 126 Å². The highest BCUT2D eigenvalue weighted by molar-refractivity contribution is 7.91. The van der Waals surface area contributed by atoms with Crippen LogP contribution in [0.3, 0.4) is 0 Å². The lowest BCUT2D eigenvalue weighted by atomic mass is 10.0. The molecule has 15 heteroatoms. The summed E-state index contributed by atoms with van der Waals surface area (Å²) in [7, 11) is -4.35. The van der Waals surface area contributed by atoms with E-state index in [1.807, 2.05) is 17.7 Å². The van der Waals surface area contributed by atoms with Crippen molar-refractivity contribution < 1.29 is 46.6 Å². The van der Waals surface area contributed by atoms with Crippen LogP contribution < -0.4 is 15.4 Å². The highest BCUT2D eigenvalue weighted by Gasteiger charge is 2.64. The minimum Gasteiger partial charge on any atom is -0.444 e. The summed E-state index contributed by atoms with van der Waals surface area (Å²) < 4.78 is 51.3. The summed E-state index contributed by atoms with van der Waals surface area (Å²) in [5.74, 6) is -2.97. The van der Waals surface area contributed by atoms with Gasteiger partial charge in [0, 0.05) is 18.9 Å². The van der Waals surface area contributed by atoms with Gasteiger partial charge in [-0.25, -0.2) is 17.6 Å². The SMILES string of the molecule is CCC1OC(C)CCC=CC2CC2(C(=O)NS(=O)(=O)C2(CF)CC2)NC(=O)C2CC(O)CN2C(=O)C1NC(=O)OC(C)(C)C. The Kier molecular flexibility index (Phi) is 9.72. The van der Waals surface area contributed by atoms with Gasteiger partial charge in [-0.15, -0.1) is 0 Å². The van der Waals surface area contributed by atoms with Crippen LogP contribution in [0.25, 0.3) is 0 Å². The summed E-state index contributed by atoms with van der Waals surface area (Å²) in [6.45, 7) is 7.30. The Morgan fingerprint density at radius 2 is 1.95 bits per heavy atom. The van der Waals surface area contributed by atoms with Crippen LogP contribution >= 0.6 is 0 Å². The molecule has 4 N–H and O–H groups in total. The monoisotopic (exact) mass is 644 g/mol. The molecule has 4 rings (SSSR count). The van der Waals surface area contributed by atoms with Crippen molar-refractivity contribution in [3.05, 3.63) is 12.2 Å². The van der Waals surface area contributed by atoms with Crippen LogP contribution in [0.2, 0.25) is 0 Å². The largest absolute Gasteiger partial charge is 0.444 e. The van der Waals surface area contributed by atoms with Gasteiger partial charge in [-0.3, -0.25) is 19.1 Å². The fourth-order valence-electron chi connectivity index (χ4n) is 5.82. The lowest BCUT2D eigenvalue weighted by Crippen LogP contribution is -2.60. The zero-order chi connectivity index (χ0) is 32.7. The van der Waals surface area contributed by atoms with E-state index in [9.17, 15) is 37.1 Å². The van der Waals surface area contributed by atoms with E-state index in [0.29, 0.717) is 19.3 Å². The van der Waals surface area contributed by atoms with E-state index in [-0.39, 0.29) is 38.3 Å². The van der Waals surface area contributed by atoms with Gasteiger partial charge < -0.3 is 30.1 Å². The summed E-state index contributed by atoms with van der Waals surface area (Å²) >= 11 is 0. The number of carbonyl (C=O) groups is 4. The topological polar surface area (TPSA) is 180 Å². The maximum atomic E-state index is 14.1. The molecule has 4 amide bonds. The van der Waals surface area contributed by atoms with Crippen LogP contribution in [0.1, 0.15) is 79.6 Å². The number of nitrogens with zero attached hydrogens (tertiary/aromatic N) is 1. The maximum Gasteiger partial charge on any atom is 0.408 e. The number of amides is 4. The standard InChI is InChI=1S/C29H45FN4O9S/c1-6-21-22(31-26(39)43-27(3,4)5)24(37)34-15-19(35)13-20(34)23(36)32-29(14-18(29)10-8-7-9-17(2)42-21)25(38)33-44(40,41)28(16-30)11-12-28/h8,10,17-22,35H,6-7,9,11-16H2,1-5H3,(H,31,39)(H,32,36)(H,33,38). The normalized spacial score (nSPS) is 34.0. The van der Waals surface area contributed by atoms with E-state index in [1.165, 1.54) is 0 Å². The van der Waals surface area contributed by atoms with Crippen LogP contribution in [0, 0.1) is 5.92 Å². The van der Waals surface area contributed by atoms with Gasteiger partial charge in [-0.05, 0) is 66.2 Å². The first-order chi connectivity index (χ1) is 20.5. The Balaban J connectivity index is 1.65. The number of fused-ring (bicyclic) bond motifs is 2. The summed E-state index contributed by atoms with van der Waals surface area (Å²) in [5.41, 5.74) is -2.49. The molecule has 0 aromatic heterocycles. The molecule has 2 saturated carbocycles. The number of aliphatic hydroxyl groups excluding tert-OH is 1. The molecule has 0 spiro atoms. The number of allylic oxidation sites excluding steroid dienone is 1. The van der Waals surface area contributed by atoms with Crippen molar-refractivity contribution >= 4 is 33.8 Å². The number of rotatable bonds is 6. The molecular weight excluding hydrogens is 599 g/mol. The van der Waals surface area contributed by atoms with Gasteiger partial charge in [0.05, 0.1) is 18.3 Å². The summed E-state index contributed by atoms with van der Waals surface area (Å²) in [5, 5.41) is 15.8. The number of hydrogen-bond donors (Lipinski definition) is 4. The van der Waals surface area contributed by atoms with Gasteiger partial charge in [0.1, 0.15) is 34.6 Å². The average Bonchev–Trinajstić information content (AvgIpc) is 3.82. The fourth-order valence-corrected chi connectivity index (χ4v) is 7.25. The molecule has 44 heavy (non-hydrogen) atoms. The van der Waals surface area contributed by atoms with Crippen LogP contribution in [0.15, 0.2) is 12.2 Å². The number of sulfonamides is 1. The van der Waals surface area contributed by atoms with Gasteiger partial charge in [0.15, 0.2) is 0 Å². The molecule has 2 aliphatic carbocycles. The van der Waals surface area contributed by atoms with Crippen LogP contribution in [-0.2, 0) is 33.9 Å². The molecule has 0 aromatic rings. The molecule has 7 atom stereocenters. The molecule has 2 heterocycles. The first kappa shape index (κ1) is 34.1. The smallest absolute Gasteiger partial charge is 0.408 e. The molecule has 0 radical (unpaired) electrons. The van der Waals surface area contributed by atoms with Crippen molar-refractivity contribution in [1.82, 2.24) is 20.3 Å². The third-order valence-electron chi connectivity index (χ3n) is 8.71. The molecular formula is C29H45FN4O9S. The van der Waals surface area contributed by atoms with Crippen molar-refractivity contribution in [2.75, 3.05) is 13.2 Å². The molecule has 0 bridgehead atoms. The first-order valence-corrected chi connectivity index (χ1v) is 16.7. The third kappa shape index (κ3) is 7.20. The van der Waals surface area contributed by atoms with E-state index in [2.05, 4.69) is 10.6 Å². The highest BCUT2D eigenvalue weighted by Crippen LogP contribution is 2.47. The van der Waals surface area contributed by atoms with E-state index in [1.54, 1.807) is 33.8 Å². The Bertz CT molecular complexity index is 1280. The maximum absolute atomic E-state index is 14.1. The Morgan fingerprint density at radius 1 is 1.27 bits per heavy atom. The molecule has 4 aliphatic rings. The third-order valence-corrected chi connectivity index (χ3v) is 10.8. The molecule has 13 nitrogen and oxygen atoms in total. The molecule has 3 fully saturated rings. The second-order valence-corrected chi connectivity index (χ2v) is 15.5. The molecule has 248 valence electrons. The number of halogens is 1. The second kappa shape index (κ2) is 12.5. The van der Waals surface area contributed by atoms with Crippen molar-refractivity contribution in [1.29, 1.82) is 0 Å². The lowest BCUT2D eigenvalue weighted by Gasteiger charge is -2.34. The quantitative estimate of drug-likeness (QED) is 0.309. The first-order valence-electron chi connectivity index (χ1n) is 15.2. The number of aliphatic hydroxyl groups is 1. The van der Waals surface area contributed by atoms with Crippen molar-refractivity contribution in [3.8, 4) is 0 Å². The summed E-state index contributed by atoms with van der Waals surface area (Å²) in [6, 6.07) is -2.49. The Morgan fingerprint density at radius 3 is 2.55 bits per heavy atom. The lowest BCUT2D eigenvalue weighted by molar-refractivity contribution is -0.145. The molecule has 2 aliphatic heterocycles. The average molecular weight is 645 g/mol. The zero-order valence-electron chi connectivity index (χ0n) is 25.9. The fraction of sp³-hybridized carbons (Fsp3) is 0.793. The molecule has 0 aromatic carbocycles. The van der Waals surface area contributed by atoms with E-state index in [4.69, 9.17) is 9.47 Å². The second-order valence-electron chi connectivity index (χ2n) is 13.4. The van der Waals surface area contributed by atoms with E-state index >= 15 is 0 Å². The Labute approximate surface area is 257 Å².